The average molecular weight is 587 g/mol. The summed E-state index contributed by atoms with van der Waals surface area (Å²) in [5.41, 5.74) is 5.66. The minimum Gasteiger partial charge on any atom is -0.370 e. The van der Waals surface area contributed by atoms with Crippen molar-refractivity contribution in [1.82, 2.24) is 40.3 Å². The van der Waals surface area contributed by atoms with Crippen LogP contribution < -0.4 is 0 Å². The lowest BCUT2D eigenvalue weighted by Crippen LogP contribution is -2.59. The fourth-order valence-electron chi connectivity index (χ4n) is 7.17. The number of carbonyl (C=O) groups is 1. The van der Waals surface area contributed by atoms with Crippen LogP contribution in [0, 0.1) is 11.8 Å². The third-order valence-corrected chi connectivity index (χ3v) is 9.53. The molecule has 0 spiro atoms. The van der Waals surface area contributed by atoms with Crippen LogP contribution in [0.15, 0.2) is 47.4 Å². The SMILES string of the molecule is CCCC(C(C)C)C(C)(C)c1cc(C2CN3CCN(C(=O)Cc4ccc(-n5cnnn5)cc4)CC3CO2)cc2nonc12. The summed E-state index contributed by atoms with van der Waals surface area (Å²) >= 11 is 0. The molecule has 0 saturated carbocycles. The van der Waals surface area contributed by atoms with Crippen molar-refractivity contribution < 1.29 is 14.2 Å². The Hall–Kier alpha value is -3.70. The summed E-state index contributed by atoms with van der Waals surface area (Å²) in [4.78, 5) is 17.7. The Kier molecular flexibility index (Phi) is 8.28. The third-order valence-electron chi connectivity index (χ3n) is 9.53. The molecule has 0 radical (unpaired) electrons. The molecule has 6 rings (SSSR count). The standard InChI is InChI=1S/C32H42N8O3/c1-6-7-26(21(2)3)32(4,5)27-15-23(16-28-31(27)35-43-34-28)29-18-38-12-13-39(17-25(38)19-42-29)30(41)14-22-8-10-24(11-9-22)40-20-33-36-37-40/h8-11,15-16,20-21,25-26,29H,6-7,12-14,17-19H2,1-5H3. The number of ether oxygens (including phenoxy) is 1. The van der Waals surface area contributed by atoms with E-state index in [1.165, 1.54) is 5.56 Å². The monoisotopic (exact) mass is 586 g/mol. The lowest BCUT2D eigenvalue weighted by atomic mass is 9.66. The molecule has 2 aliphatic heterocycles. The van der Waals surface area contributed by atoms with Crippen LogP contribution in [0.2, 0.25) is 0 Å². The molecular weight excluding hydrogens is 544 g/mol. The first-order valence-electron chi connectivity index (χ1n) is 15.5. The van der Waals surface area contributed by atoms with Gasteiger partial charge in [-0.3, -0.25) is 9.69 Å². The number of morpholine rings is 1. The summed E-state index contributed by atoms with van der Waals surface area (Å²) < 4.78 is 13.3. The second-order valence-electron chi connectivity index (χ2n) is 13.0. The van der Waals surface area contributed by atoms with Gasteiger partial charge in [-0.15, -0.1) is 5.10 Å². The Balaban J connectivity index is 1.12. The van der Waals surface area contributed by atoms with Gasteiger partial charge >= 0.3 is 0 Å². The van der Waals surface area contributed by atoms with Crippen LogP contribution in [-0.4, -0.2) is 85.1 Å². The molecule has 0 N–H and O–H groups in total. The van der Waals surface area contributed by atoms with Gasteiger partial charge in [0.25, 0.3) is 0 Å². The van der Waals surface area contributed by atoms with E-state index < -0.39 is 0 Å². The first-order valence-corrected chi connectivity index (χ1v) is 15.5. The predicted molar refractivity (Wildman–Crippen MR) is 162 cm³/mol. The van der Waals surface area contributed by atoms with Gasteiger partial charge in [-0.1, -0.05) is 59.2 Å². The molecule has 3 unspecified atom stereocenters. The highest BCUT2D eigenvalue weighted by molar-refractivity contribution is 5.80. The van der Waals surface area contributed by atoms with Gasteiger partial charge in [0.2, 0.25) is 5.91 Å². The summed E-state index contributed by atoms with van der Waals surface area (Å²) in [6.45, 7) is 15.1. The molecule has 2 aliphatic rings. The first kappa shape index (κ1) is 29.4. The highest BCUT2D eigenvalue weighted by atomic mass is 16.6. The Morgan fingerprint density at radius 3 is 2.63 bits per heavy atom. The highest BCUT2D eigenvalue weighted by Crippen LogP contribution is 2.43. The smallest absolute Gasteiger partial charge is 0.227 e. The summed E-state index contributed by atoms with van der Waals surface area (Å²) in [5, 5.41) is 19.8. The van der Waals surface area contributed by atoms with Gasteiger partial charge in [0.05, 0.1) is 30.9 Å². The molecule has 2 saturated heterocycles. The normalized spacial score (nSPS) is 20.5. The van der Waals surface area contributed by atoms with Gasteiger partial charge in [-0.2, -0.15) is 0 Å². The van der Waals surface area contributed by atoms with Gasteiger partial charge in [-0.25, -0.2) is 9.31 Å². The zero-order valence-corrected chi connectivity index (χ0v) is 25.8. The van der Waals surface area contributed by atoms with Crippen molar-refractivity contribution in [1.29, 1.82) is 0 Å². The molecule has 2 fully saturated rings. The molecule has 4 heterocycles. The van der Waals surface area contributed by atoms with Gasteiger partial charge < -0.3 is 9.64 Å². The highest BCUT2D eigenvalue weighted by Gasteiger charge is 2.38. The van der Waals surface area contributed by atoms with E-state index in [4.69, 9.17) is 9.37 Å². The lowest BCUT2D eigenvalue weighted by molar-refractivity contribution is -0.139. The number of hydrogen-bond acceptors (Lipinski definition) is 9. The van der Waals surface area contributed by atoms with Crippen LogP contribution in [0.25, 0.3) is 16.7 Å². The Morgan fingerprint density at radius 1 is 1.09 bits per heavy atom. The van der Waals surface area contributed by atoms with E-state index in [0.717, 1.165) is 53.8 Å². The van der Waals surface area contributed by atoms with Crippen molar-refractivity contribution in [2.24, 2.45) is 11.8 Å². The molecule has 0 bridgehead atoms. The van der Waals surface area contributed by atoms with E-state index in [2.05, 4.69) is 77.5 Å². The van der Waals surface area contributed by atoms with E-state index in [9.17, 15) is 4.79 Å². The van der Waals surface area contributed by atoms with Crippen molar-refractivity contribution in [3.05, 3.63) is 59.4 Å². The molecule has 2 aromatic carbocycles. The van der Waals surface area contributed by atoms with E-state index in [1.807, 2.05) is 29.2 Å². The van der Waals surface area contributed by atoms with Crippen LogP contribution in [0.5, 0.6) is 0 Å². The largest absolute Gasteiger partial charge is 0.370 e. The number of amides is 1. The Labute approximate surface area is 252 Å². The summed E-state index contributed by atoms with van der Waals surface area (Å²) in [6.07, 6.45) is 4.14. The van der Waals surface area contributed by atoms with Crippen molar-refractivity contribution >= 4 is 16.9 Å². The van der Waals surface area contributed by atoms with Crippen molar-refractivity contribution in [2.45, 2.75) is 71.4 Å². The van der Waals surface area contributed by atoms with Gasteiger partial charge in [0.1, 0.15) is 17.4 Å². The van der Waals surface area contributed by atoms with E-state index in [-0.39, 0.29) is 23.5 Å². The predicted octanol–water partition coefficient (Wildman–Crippen LogP) is 4.38. The molecule has 2 aromatic heterocycles. The molecule has 11 heteroatoms. The summed E-state index contributed by atoms with van der Waals surface area (Å²) in [5.74, 6) is 1.18. The van der Waals surface area contributed by atoms with E-state index in [0.29, 0.717) is 38.0 Å². The van der Waals surface area contributed by atoms with Crippen LogP contribution in [0.1, 0.15) is 70.3 Å². The maximum absolute atomic E-state index is 13.2. The summed E-state index contributed by atoms with van der Waals surface area (Å²) in [7, 11) is 0. The number of nitrogens with zero attached hydrogens (tertiary/aromatic N) is 8. The lowest BCUT2D eigenvalue weighted by Gasteiger charge is -2.46. The van der Waals surface area contributed by atoms with Gasteiger partial charge in [0.15, 0.2) is 0 Å². The number of aromatic nitrogens is 6. The van der Waals surface area contributed by atoms with Crippen molar-refractivity contribution in [2.75, 3.05) is 32.8 Å². The fraction of sp³-hybridized carbons (Fsp3) is 0.562. The number of tetrazole rings is 1. The molecule has 4 aromatic rings. The minimum atomic E-state index is -0.103. The maximum atomic E-state index is 13.2. The molecular formula is C32H42N8O3. The van der Waals surface area contributed by atoms with E-state index in [1.54, 1.807) is 11.0 Å². The third kappa shape index (κ3) is 5.92. The zero-order chi connectivity index (χ0) is 30.1. The van der Waals surface area contributed by atoms with Crippen LogP contribution in [-0.2, 0) is 21.4 Å². The van der Waals surface area contributed by atoms with Crippen LogP contribution in [0.3, 0.4) is 0 Å². The number of piperazine rings is 1. The topological polar surface area (TPSA) is 115 Å². The van der Waals surface area contributed by atoms with Gasteiger partial charge in [0, 0.05) is 26.2 Å². The fourth-order valence-corrected chi connectivity index (χ4v) is 7.17. The van der Waals surface area contributed by atoms with Crippen molar-refractivity contribution in [3.8, 4) is 5.69 Å². The number of rotatable bonds is 9. The average Bonchev–Trinajstić information content (AvgIpc) is 3.72. The molecule has 3 atom stereocenters. The first-order chi connectivity index (χ1) is 20.7. The molecule has 0 aliphatic carbocycles. The second-order valence-corrected chi connectivity index (χ2v) is 13.0. The molecule has 11 nitrogen and oxygen atoms in total. The summed E-state index contributed by atoms with van der Waals surface area (Å²) in [6, 6.07) is 12.3. The minimum absolute atomic E-state index is 0.0727. The molecule has 228 valence electrons. The Morgan fingerprint density at radius 2 is 1.91 bits per heavy atom. The Bertz CT molecular complexity index is 1530. The second kappa shape index (κ2) is 12.1. The number of hydrogen-bond donors (Lipinski definition) is 0. The van der Waals surface area contributed by atoms with E-state index >= 15 is 0 Å². The van der Waals surface area contributed by atoms with Gasteiger partial charge in [-0.05, 0) is 79.3 Å². The van der Waals surface area contributed by atoms with Crippen molar-refractivity contribution in [3.63, 3.8) is 0 Å². The van der Waals surface area contributed by atoms with Crippen LogP contribution in [0.4, 0.5) is 0 Å². The number of carbonyl (C=O) groups excluding carboxylic acids is 1. The quantitative estimate of drug-likeness (QED) is 0.282. The number of benzene rings is 2. The van der Waals surface area contributed by atoms with Crippen LogP contribution >= 0.6 is 0 Å². The maximum Gasteiger partial charge on any atom is 0.227 e. The number of fused-ring (bicyclic) bond motifs is 2. The molecule has 43 heavy (non-hydrogen) atoms. The zero-order valence-electron chi connectivity index (χ0n) is 25.8. The molecule has 1 amide bonds.